The third kappa shape index (κ3) is 8.46. The van der Waals surface area contributed by atoms with Gasteiger partial charge in [-0.25, -0.2) is 17.7 Å². The number of nitrogens with zero attached hydrogens (tertiary/aromatic N) is 4. The first kappa shape index (κ1) is 42.0. The number of carbonyl (C=O) groups is 4. The van der Waals surface area contributed by atoms with Crippen LogP contribution in [0.15, 0.2) is 91.5 Å². The van der Waals surface area contributed by atoms with Crippen LogP contribution in [0.5, 0.6) is 11.5 Å². The highest BCUT2D eigenvalue weighted by atomic mass is 32.2. The van der Waals surface area contributed by atoms with E-state index in [0.717, 1.165) is 21.9 Å². The molecule has 2 saturated carbocycles. The van der Waals surface area contributed by atoms with E-state index >= 15 is 4.79 Å². The van der Waals surface area contributed by atoms with Crippen molar-refractivity contribution in [1.29, 1.82) is 0 Å². The molecule has 0 radical (unpaired) electrons. The van der Waals surface area contributed by atoms with Crippen molar-refractivity contribution in [2.24, 2.45) is 17.3 Å². The molecule has 320 valence electrons. The number of amides is 4. The van der Waals surface area contributed by atoms with Gasteiger partial charge in [0.1, 0.15) is 29.2 Å². The van der Waals surface area contributed by atoms with Gasteiger partial charge in [0.25, 0.3) is 5.91 Å². The van der Waals surface area contributed by atoms with Gasteiger partial charge < -0.3 is 24.6 Å². The monoisotopic (exact) mass is 847 g/mol. The SMILES string of the molecule is C=CC1CC1(NC(=O)[C@@H]1C[C@@H](Oc2cc(-c3ccccc3)nc3cc(OC)ccc23)CN1C(=O)[C@@H](CC(=O)N1CCc2ccccc2C1)C(C)(C)C)C(=O)N(C1CC1)[SH](=O)=O. The van der Waals surface area contributed by atoms with E-state index in [1.165, 1.54) is 10.5 Å². The largest absolute Gasteiger partial charge is 0.497 e. The van der Waals surface area contributed by atoms with Crippen molar-refractivity contribution >= 4 is 45.4 Å². The number of nitrogens with one attached hydrogen (secondary N) is 1. The fourth-order valence-electron chi connectivity index (χ4n) is 8.90. The van der Waals surface area contributed by atoms with Crippen LogP contribution in [-0.2, 0) is 43.0 Å². The molecule has 2 unspecified atom stereocenters. The molecule has 0 spiro atoms. The normalized spacial score (nSPS) is 22.6. The minimum Gasteiger partial charge on any atom is -0.497 e. The van der Waals surface area contributed by atoms with Gasteiger partial charge in [-0.15, -0.1) is 6.58 Å². The molecule has 2 aliphatic heterocycles. The Balaban J connectivity index is 1.12. The van der Waals surface area contributed by atoms with Crippen molar-refractivity contribution in [1.82, 2.24) is 24.4 Å². The molecule has 3 heterocycles. The zero-order valence-corrected chi connectivity index (χ0v) is 35.9. The van der Waals surface area contributed by atoms with Crippen molar-refractivity contribution < 1.29 is 37.1 Å². The Hall–Kier alpha value is -5.76. The van der Waals surface area contributed by atoms with E-state index < -0.39 is 63.7 Å². The number of pyridine rings is 1. The Bertz CT molecular complexity index is 2460. The topological polar surface area (TPSA) is 156 Å². The number of methoxy groups -OCH3 is 1. The second-order valence-electron chi connectivity index (χ2n) is 17.8. The highest BCUT2D eigenvalue weighted by molar-refractivity contribution is 7.70. The van der Waals surface area contributed by atoms with E-state index in [-0.39, 0.29) is 37.6 Å². The highest BCUT2D eigenvalue weighted by Crippen LogP contribution is 2.48. The maximum atomic E-state index is 15.1. The predicted molar refractivity (Wildman–Crippen MR) is 231 cm³/mol. The number of rotatable bonds is 13. The van der Waals surface area contributed by atoms with Crippen LogP contribution in [-0.4, -0.2) is 95.1 Å². The molecular weight excluding hydrogens is 795 g/mol. The minimum atomic E-state index is -3.24. The van der Waals surface area contributed by atoms with Crippen LogP contribution >= 0.6 is 0 Å². The van der Waals surface area contributed by atoms with Crippen molar-refractivity contribution in [3.8, 4) is 22.8 Å². The molecule has 2 aliphatic carbocycles. The average Bonchev–Trinajstić information content (AvgIpc) is 4.18. The van der Waals surface area contributed by atoms with Crippen molar-refractivity contribution in [2.45, 2.75) is 89.6 Å². The van der Waals surface area contributed by atoms with Crippen LogP contribution in [0.25, 0.3) is 22.2 Å². The van der Waals surface area contributed by atoms with E-state index in [1.807, 2.05) is 93.6 Å². The van der Waals surface area contributed by atoms with Gasteiger partial charge in [0.05, 0.1) is 30.8 Å². The first-order valence-electron chi connectivity index (χ1n) is 21.0. The van der Waals surface area contributed by atoms with Crippen molar-refractivity contribution in [3.05, 3.63) is 103 Å². The van der Waals surface area contributed by atoms with Gasteiger partial charge in [0, 0.05) is 61.0 Å². The van der Waals surface area contributed by atoms with E-state index in [0.29, 0.717) is 54.0 Å². The number of hydrogen-bond acceptors (Lipinski definition) is 9. The zero-order valence-electron chi connectivity index (χ0n) is 35.0. The molecule has 1 N–H and O–H groups in total. The molecular formula is C47H53N5O8S. The van der Waals surface area contributed by atoms with Crippen LogP contribution < -0.4 is 14.8 Å². The lowest BCUT2D eigenvalue weighted by Gasteiger charge is -2.37. The lowest BCUT2D eigenvalue weighted by Crippen LogP contribution is -2.57. The van der Waals surface area contributed by atoms with E-state index in [9.17, 15) is 22.8 Å². The van der Waals surface area contributed by atoms with Gasteiger partial charge in [0.2, 0.25) is 28.6 Å². The highest BCUT2D eigenvalue weighted by Gasteiger charge is 2.63. The summed E-state index contributed by atoms with van der Waals surface area (Å²) in [6.07, 6.45) is 2.88. The molecule has 8 rings (SSSR count). The summed E-state index contributed by atoms with van der Waals surface area (Å²) in [7, 11) is -1.66. The first-order chi connectivity index (χ1) is 29.2. The number of hydrogen-bond donors (Lipinski definition) is 2. The number of aromatic nitrogens is 1. The van der Waals surface area contributed by atoms with Crippen LogP contribution in [0.4, 0.5) is 0 Å². The zero-order chi connectivity index (χ0) is 43.2. The van der Waals surface area contributed by atoms with Gasteiger partial charge in [-0.1, -0.05) is 81.4 Å². The quantitative estimate of drug-likeness (QED) is 0.132. The third-order valence-corrected chi connectivity index (χ3v) is 13.6. The molecule has 1 aromatic heterocycles. The third-order valence-electron chi connectivity index (χ3n) is 12.7. The van der Waals surface area contributed by atoms with Crippen LogP contribution in [0.1, 0.15) is 64.0 Å². The number of carbonyl (C=O) groups excluding carboxylic acids is 4. The fourth-order valence-corrected chi connectivity index (χ4v) is 9.73. The number of ether oxygens (including phenoxy) is 2. The first-order valence-corrected chi connectivity index (χ1v) is 22.1. The molecule has 13 nitrogen and oxygen atoms in total. The summed E-state index contributed by atoms with van der Waals surface area (Å²) in [5, 5.41) is 3.64. The summed E-state index contributed by atoms with van der Waals surface area (Å²) in [6.45, 7) is 10.6. The second-order valence-corrected chi connectivity index (χ2v) is 18.7. The van der Waals surface area contributed by atoms with Crippen LogP contribution in [0.3, 0.4) is 0 Å². The minimum absolute atomic E-state index is 0.0157. The summed E-state index contributed by atoms with van der Waals surface area (Å²) >= 11 is 0. The van der Waals surface area contributed by atoms with E-state index in [4.69, 9.17) is 14.5 Å². The van der Waals surface area contributed by atoms with Crippen molar-refractivity contribution in [3.63, 3.8) is 0 Å². The number of thiol groups is 1. The summed E-state index contributed by atoms with van der Waals surface area (Å²) in [4.78, 5) is 66.1. The number of likely N-dealkylation sites (tertiary alicyclic amines) is 1. The molecule has 61 heavy (non-hydrogen) atoms. The lowest BCUT2D eigenvalue weighted by atomic mass is 9.77. The molecule has 4 aromatic rings. The standard InChI is InChI=1S/C47H53N5O8S/c1-6-32-26-47(32,45(56)52(61(57)58)33-16-17-33)49-43(54)40-23-35(60-41-25-38(30-13-8-7-9-14-30)48-39-22-34(59-5)18-19-36(39)41)28-51(40)44(55)37(46(2,3)4)24-42(53)50-21-20-29-12-10-11-15-31(29)27-50/h6-15,18-19,22,25,32-33,35,37,40,61H,1,16-17,20-21,23-24,26-28H2,2-5H3,(H,49,54)/t32?,35-,37-,40+,47?/m1/s1. The molecule has 0 bridgehead atoms. The smallest absolute Gasteiger partial charge is 0.262 e. The second kappa shape index (κ2) is 16.6. The number of fused-ring (bicyclic) bond motifs is 2. The Morgan fingerprint density at radius 2 is 1.74 bits per heavy atom. The molecule has 4 aliphatic rings. The van der Waals surface area contributed by atoms with Crippen LogP contribution in [0, 0.1) is 17.3 Å². The van der Waals surface area contributed by atoms with Gasteiger partial charge in [0.15, 0.2) is 0 Å². The van der Waals surface area contributed by atoms with Crippen molar-refractivity contribution in [2.75, 3.05) is 20.2 Å². The number of benzene rings is 3. The molecule has 3 aromatic carbocycles. The molecule has 3 fully saturated rings. The van der Waals surface area contributed by atoms with Gasteiger partial charge >= 0.3 is 0 Å². The summed E-state index contributed by atoms with van der Waals surface area (Å²) in [6, 6.07) is 23.5. The Labute approximate surface area is 358 Å². The Morgan fingerprint density at radius 3 is 2.39 bits per heavy atom. The average molecular weight is 848 g/mol. The Morgan fingerprint density at radius 1 is 1.02 bits per heavy atom. The fraction of sp³-hybridized carbons (Fsp3) is 0.426. The van der Waals surface area contributed by atoms with E-state index in [1.54, 1.807) is 18.1 Å². The maximum absolute atomic E-state index is 15.1. The lowest BCUT2D eigenvalue weighted by molar-refractivity contribution is -0.149. The van der Waals surface area contributed by atoms with Gasteiger partial charge in [-0.05, 0) is 54.4 Å². The molecule has 5 atom stereocenters. The molecule has 14 heteroatoms. The Kier molecular flexibility index (Phi) is 11.4. The predicted octanol–water partition coefficient (Wildman–Crippen LogP) is 5.47. The van der Waals surface area contributed by atoms with E-state index in [2.05, 4.69) is 18.0 Å². The maximum Gasteiger partial charge on any atom is 0.262 e. The summed E-state index contributed by atoms with van der Waals surface area (Å²) in [5.74, 6) is -2.01. The van der Waals surface area contributed by atoms with Crippen LogP contribution in [0.2, 0.25) is 0 Å². The van der Waals surface area contributed by atoms with Gasteiger partial charge in [-0.3, -0.25) is 19.2 Å². The van der Waals surface area contributed by atoms with Gasteiger partial charge in [-0.2, -0.15) is 0 Å². The molecule has 4 amide bonds. The summed E-state index contributed by atoms with van der Waals surface area (Å²) in [5.41, 5.74) is 2.24. The summed E-state index contributed by atoms with van der Waals surface area (Å²) < 4.78 is 37.9. The molecule has 1 saturated heterocycles.